The normalized spacial score (nSPS) is 18.5. The monoisotopic (exact) mass is 444 g/mol. The van der Waals surface area contributed by atoms with Crippen LogP contribution in [0.1, 0.15) is 17.2 Å². The molecular weight excluding hydrogens is 423 g/mol. The molecule has 0 saturated carbocycles. The molecule has 10 heteroatoms. The summed E-state index contributed by atoms with van der Waals surface area (Å²) >= 11 is 0. The molecule has 2 atom stereocenters. The third-order valence-electron chi connectivity index (χ3n) is 4.80. The number of nitrogens with zero attached hydrogens (tertiary/aromatic N) is 1. The Morgan fingerprint density at radius 1 is 1.19 bits per heavy atom. The fraction of sp³-hybridized carbons (Fsp3) is 0.381. The lowest BCUT2D eigenvalue weighted by atomic mass is 10.1. The second-order valence-electron chi connectivity index (χ2n) is 7.22. The molecule has 1 heterocycles. The molecule has 1 amide bonds. The quantitative estimate of drug-likeness (QED) is 0.672. The van der Waals surface area contributed by atoms with Crippen molar-refractivity contribution in [3.05, 3.63) is 65.2 Å². The van der Waals surface area contributed by atoms with Crippen LogP contribution in [0.25, 0.3) is 0 Å². The van der Waals surface area contributed by atoms with Gasteiger partial charge >= 0.3 is 12.3 Å². The Labute approximate surface area is 175 Å². The number of hydrogen-bond donors (Lipinski definition) is 1. The molecule has 1 fully saturated rings. The van der Waals surface area contributed by atoms with Crippen LogP contribution in [0, 0.1) is 18.6 Å². The third kappa shape index (κ3) is 6.38. The van der Waals surface area contributed by atoms with E-state index in [2.05, 4.69) is 10.1 Å². The molecule has 168 valence electrons. The number of aryl methyl sites for hydroxylation is 1. The molecule has 1 aliphatic rings. The van der Waals surface area contributed by atoms with Crippen molar-refractivity contribution >= 4 is 11.8 Å². The summed E-state index contributed by atoms with van der Waals surface area (Å²) in [7, 11) is 0. The average molecular weight is 444 g/mol. The van der Waals surface area contributed by atoms with Crippen molar-refractivity contribution in [2.24, 2.45) is 0 Å². The first-order valence-corrected chi connectivity index (χ1v) is 9.52. The number of carbonyl (C=O) groups is 1. The minimum Gasteiger partial charge on any atom is -0.435 e. The van der Waals surface area contributed by atoms with E-state index in [1.54, 1.807) is 24.3 Å². The Morgan fingerprint density at radius 2 is 1.90 bits per heavy atom. The number of morpholine rings is 1. The van der Waals surface area contributed by atoms with E-state index in [1.807, 2.05) is 6.92 Å². The first-order chi connectivity index (χ1) is 14.6. The van der Waals surface area contributed by atoms with E-state index in [0.717, 1.165) is 17.7 Å². The number of alkyl halides is 3. The van der Waals surface area contributed by atoms with E-state index in [0.29, 0.717) is 11.3 Å². The number of nitrogens with one attached hydrogen (secondary N) is 1. The molecule has 2 aromatic carbocycles. The van der Waals surface area contributed by atoms with Crippen LogP contribution in [-0.2, 0) is 9.47 Å². The third-order valence-corrected chi connectivity index (χ3v) is 4.80. The summed E-state index contributed by atoms with van der Waals surface area (Å²) in [5.41, 5.74) is 1.54. The molecule has 0 bridgehead atoms. The molecule has 1 unspecified atom stereocenters. The highest BCUT2D eigenvalue weighted by Gasteiger charge is 2.44. The SMILES string of the molecule is Cc1ccc(NC(=O)O[C@@H](CN2CCOC(c3ccc(F)c(F)c3)C2)C(F)(F)F)cc1. The summed E-state index contributed by atoms with van der Waals surface area (Å²) in [6.07, 6.45) is -9.13. The predicted molar refractivity (Wildman–Crippen MR) is 103 cm³/mol. The maximum Gasteiger partial charge on any atom is 0.426 e. The number of benzene rings is 2. The van der Waals surface area contributed by atoms with Gasteiger partial charge in [-0.25, -0.2) is 13.6 Å². The van der Waals surface area contributed by atoms with E-state index in [1.165, 1.54) is 11.0 Å². The largest absolute Gasteiger partial charge is 0.435 e. The fourth-order valence-electron chi connectivity index (χ4n) is 3.14. The molecular formula is C21H21F5N2O3. The van der Waals surface area contributed by atoms with E-state index in [4.69, 9.17) is 4.74 Å². The number of hydrogen-bond acceptors (Lipinski definition) is 4. The molecule has 31 heavy (non-hydrogen) atoms. The van der Waals surface area contributed by atoms with Crippen molar-refractivity contribution in [3.63, 3.8) is 0 Å². The molecule has 0 spiro atoms. The summed E-state index contributed by atoms with van der Waals surface area (Å²) in [6, 6.07) is 9.70. The molecule has 1 aliphatic heterocycles. The highest BCUT2D eigenvalue weighted by Crippen LogP contribution is 2.28. The fourth-order valence-corrected chi connectivity index (χ4v) is 3.14. The minimum absolute atomic E-state index is 0.000589. The number of halogens is 5. The summed E-state index contributed by atoms with van der Waals surface area (Å²) in [5.74, 6) is -2.09. The Balaban J connectivity index is 1.63. The molecule has 5 nitrogen and oxygen atoms in total. The van der Waals surface area contributed by atoms with Crippen LogP contribution in [-0.4, -0.2) is 49.5 Å². The van der Waals surface area contributed by atoms with E-state index in [9.17, 15) is 26.7 Å². The maximum absolute atomic E-state index is 13.5. The Kier molecular flexibility index (Phi) is 7.11. The van der Waals surface area contributed by atoms with Gasteiger partial charge in [-0.1, -0.05) is 23.8 Å². The van der Waals surface area contributed by atoms with E-state index in [-0.39, 0.29) is 19.7 Å². The first-order valence-electron chi connectivity index (χ1n) is 9.52. The highest BCUT2D eigenvalue weighted by atomic mass is 19.4. The molecule has 0 aromatic heterocycles. The summed E-state index contributed by atoms with van der Waals surface area (Å²) in [6.45, 7) is 1.46. The van der Waals surface area contributed by atoms with Gasteiger partial charge in [0, 0.05) is 25.3 Å². The number of anilines is 1. The Morgan fingerprint density at radius 3 is 2.55 bits per heavy atom. The van der Waals surface area contributed by atoms with Gasteiger partial charge in [-0.2, -0.15) is 13.2 Å². The number of carbonyl (C=O) groups excluding carboxylic acids is 1. The van der Waals surface area contributed by atoms with Gasteiger partial charge in [-0.3, -0.25) is 10.2 Å². The van der Waals surface area contributed by atoms with Gasteiger partial charge in [0.05, 0.1) is 12.7 Å². The van der Waals surface area contributed by atoms with Crippen molar-refractivity contribution in [2.75, 3.05) is 31.6 Å². The van der Waals surface area contributed by atoms with Gasteiger partial charge in [-0.15, -0.1) is 0 Å². The molecule has 1 N–H and O–H groups in total. The Hall–Kier alpha value is -2.72. The maximum atomic E-state index is 13.5. The zero-order valence-corrected chi connectivity index (χ0v) is 16.6. The van der Waals surface area contributed by atoms with E-state index >= 15 is 0 Å². The summed E-state index contributed by atoms with van der Waals surface area (Å²) in [4.78, 5) is 13.4. The topological polar surface area (TPSA) is 50.8 Å². The lowest BCUT2D eigenvalue weighted by molar-refractivity contribution is -0.209. The van der Waals surface area contributed by atoms with Gasteiger partial charge in [0.2, 0.25) is 6.10 Å². The molecule has 1 saturated heterocycles. The van der Waals surface area contributed by atoms with Crippen LogP contribution < -0.4 is 5.32 Å². The summed E-state index contributed by atoms with van der Waals surface area (Å²) in [5, 5.41) is 2.27. The molecule has 2 aromatic rings. The lowest BCUT2D eigenvalue weighted by Crippen LogP contribution is -2.48. The zero-order valence-electron chi connectivity index (χ0n) is 16.6. The van der Waals surface area contributed by atoms with Gasteiger partial charge in [0.15, 0.2) is 11.6 Å². The first kappa shape index (κ1) is 23.0. The second kappa shape index (κ2) is 9.61. The van der Waals surface area contributed by atoms with Crippen molar-refractivity contribution in [1.29, 1.82) is 0 Å². The van der Waals surface area contributed by atoms with Crippen LogP contribution in [0.5, 0.6) is 0 Å². The van der Waals surface area contributed by atoms with Crippen LogP contribution in [0.15, 0.2) is 42.5 Å². The highest BCUT2D eigenvalue weighted by molar-refractivity contribution is 5.84. The molecule has 3 rings (SSSR count). The van der Waals surface area contributed by atoms with Crippen molar-refractivity contribution in [2.45, 2.75) is 25.3 Å². The summed E-state index contributed by atoms with van der Waals surface area (Å²) < 4.78 is 77.2. The lowest BCUT2D eigenvalue weighted by Gasteiger charge is -2.35. The van der Waals surface area contributed by atoms with Crippen molar-refractivity contribution in [3.8, 4) is 0 Å². The van der Waals surface area contributed by atoms with Gasteiger partial charge < -0.3 is 9.47 Å². The van der Waals surface area contributed by atoms with Crippen molar-refractivity contribution < 1.29 is 36.2 Å². The number of rotatable bonds is 5. The molecule has 0 aliphatic carbocycles. The average Bonchev–Trinajstić information content (AvgIpc) is 2.71. The smallest absolute Gasteiger partial charge is 0.426 e. The molecule has 0 radical (unpaired) electrons. The van der Waals surface area contributed by atoms with Crippen LogP contribution in [0.2, 0.25) is 0 Å². The van der Waals surface area contributed by atoms with E-state index < -0.39 is 42.7 Å². The predicted octanol–water partition coefficient (Wildman–Crippen LogP) is 4.83. The second-order valence-corrected chi connectivity index (χ2v) is 7.22. The van der Waals surface area contributed by atoms with Crippen LogP contribution in [0.3, 0.4) is 0 Å². The standard InChI is InChI=1S/C21H21F5N2O3/c1-13-2-5-15(6-3-13)27-20(29)31-19(21(24,25)26)12-28-8-9-30-18(11-28)14-4-7-16(22)17(23)10-14/h2-7,10,18-19H,8-9,11-12H2,1H3,(H,27,29)/t18?,19-/m0/s1. The van der Waals surface area contributed by atoms with Crippen molar-refractivity contribution in [1.82, 2.24) is 4.90 Å². The van der Waals surface area contributed by atoms with Crippen LogP contribution >= 0.6 is 0 Å². The zero-order chi connectivity index (χ0) is 22.6. The van der Waals surface area contributed by atoms with Gasteiger partial charge in [-0.05, 0) is 36.8 Å². The Bertz CT molecular complexity index is 905. The van der Waals surface area contributed by atoms with Crippen LogP contribution in [0.4, 0.5) is 32.4 Å². The van der Waals surface area contributed by atoms with Gasteiger partial charge in [0.25, 0.3) is 0 Å². The van der Waals surface area contributed by atoms with Gasteiger partial charge in [0.1, 0.15) is 0 Å². The minimum atomic E-state index is -4.79. The number of ether oxygens (including phenoxy) is 2. The number of amides is 1.